The van der Waals surface area contributed by atoms with Gasteiger partial charge in [-0.15, -0.1) is 0 Å². The van der Waals surface area contributed by atoms with Gasteiger partial charge in [0.05, 0.1) is 13.0 Å². The molecule has 5 nitrogen and oxygen atoms in total. The lowest BCUT2D eigenvalue weighted by atomic mass is 10.1. The third-order valence-corrected chi connectivity index (χ3v) is 3.25. The molecule has 1 aliphatic heterocycles. The van der Waals surface area contributed by atoms with Crippen LogP contribution in [0.4, 0.5) is 4.79 Å². The molecule has 1 heterocycles. The molecule has 0 radical (unpaired) electrons. The van der Waals surface area contributed by atoms with Crippen LogP contribution in [0.2, 0.25) is 0 Å². The molecule has 0 spiro atoms. The van der Waals surface area contributed by atoms with Gasteiger partial charge in [-0.25, -0.2) is 4.79 Å². The second-order valence-corrected chi connectivity index (χ2v) is 4.58. The minimum atomic E-state index is -0.885. The largest absolute Gasteiger partial charge is 0.481 e. The molecule has 19 heavy (non-hydrogen) atoms. The first kappa shape index (κ1) is 13.4. The number of benzene rings is 1. The first-order chi connectivity index (χ1) is 9.16. The monoisotopic (exact) mass is 263 g/mol. The number of ether oxygens (including phenoxy) is 1. The molecule has 1 saturated heterocycles. The Bertz CT molecular complexity index is 446. The van der Waals surface area contributed by atoms with Crippen molar-refractivity contribution in [2.45, 2.75) is 25.3 Å². The summed E-state index contributed by atoms with van der Waals surface area (Å²) < 4.78 is 4.98. The summed E-state index contributed by atoms with van der Waals surface area (Å²) in [5, 5.41) is 8.88. The number of amides is 1. The topological polar surface area (TPSA) is 66.8 Å². The third kappa shape index (κ3) is 3.71. The number of carboxylic acid groups (broad SMARTS) is 1. The van der Waals surface area contributed by atoms with Crippen LogP contribution >= 0.6 is 0 Å². The maximum absolute atomic E-state index is 11.7. The SMILES string of the molecule is O=C(O)CC1CCOC(=O)N1CCc1ccccc1. The quantitative estimate of drug-likeness (QED) is 0.881. The normalized spacial score (nSPS) is 19.1. The number of aliphatic carboxylic acids is 1. The van der Waals surface area contributed by atoms with Crippen molar-refractivity contribution < 1.29 is 19.4 Å². The molecule has 1 atom stereocenters. The summed E-state index contributed by atoms with van der Waals surface area (Å²) in [7, 11) is 0. The van der Waals surface area contributed by atoms with Crippen LogP contribution in [0, 0.1) is 0 Å². The Morgan fingerprint density at radius 2 is 2.11 bits per heavy atom. The molecule has 2 rings (SSSR count). The van der Waals surface area contributed by atoms with E-state index in [2.05, 4.69) is 0 Å². The lowest BCUT2D eigenvalue weighted by Crippen LogP contribution is -2.47. The zero-order valence-corrected chi connectivity index (χ0v) is 10.6. The van der Waals surface area contributed by atoms with E-state index < -0.39 is 12.1 Å². The average Bonchev–Trinajstić information content (AvgIpc) is 2.38. The molecule has 0 aliphatic carbocycles. The Kier molecular flexibility index (Phi) is 4.39. The van der Waals surface area contributed by atoms with Crippen molar-refractivity contribution in [2.75, 3.05) is 13.2 Å². The van der Waals surface area contributed by atoms with Crippen LogP contribution in [0.25, 0.3) is 0 Å². The number of hydrogen-bond acceptors (Lipinski definition) is 3. The molecule has 1 aromatic carbocycles. The smallest absolute Gasteiger partial charge is 0.410 e. The van der Waals surface area contributed by atoms with E-state index in [-0.39, 0.29) is 12.5 Å². The predicted molar refractivity (Wildman–Crippen MR) is 68.9 cm³/mol. The number of nitrogens with zero attached hydrogens (tertiary/aromatic N) is 1. The Hall–Kier alpha value is -2.04. The highest BCUT2D eigenvalue weighted by molar-refractivity contribution is 5.72. The lowest BCUT2D eigenvalue weighted by Gasteiger charge is -2.34. The van der Waals surface area contributed by atoms with Crippen molar-refractivity contribution in [3.8, 4) is 0 Å². The molecule has 0 aromatic heterocycles. The Morgan fingerprint density at radius 3 is 2.79 bits per heavy atom. The van der Waals surface area contributed by atoms with Gasteiger partial charge in [-0.1, -0.05) is 30.3 Å². The fourth-order valence-electron chi connectivity index (χ4n) is 2.25. The molecule has 1 fully saturated rings. The number of rotatable bonds is 5. The van der Waals surface area contributed by atoms with Crippen LogP contribution in [0.3, 0.4) is 0 Å². The first-order valence-electron chi connectivity index (χ1n) is 6.36. The highest BCUT2D eigenvalue weighted by Gasteiger charge is 2.30. The molecule has 0 bridgehead atoms. The van der Waals surface area contributed by atoms with Crippen LogP contribution in [-0.2, 0) is 16.0 Å². The maximum Gasteiger partial charge on any atom is 0.410 e. The van der Waals surface area contributed by atoms with E-state index in [0.717, 1.165) is 5.56 Å². The van der Waals surface area contributed by atoms with Crippen molar-refractivity contribution >= 4 is 12.1 Å². The van der Waals surface area contributed by atoms with Gasteiger partial charge < -0.3 is 14.7 Å². The van der Waals surface area contributed by atoms with Gasteiger partial charge in [0.1, 0.15) is 0 Å². The van der Waals surface area contributed by atoms with Gasteiger partial charge in [0, 0.05) is 19.0 Å². The molecular weight excluding hydrogens is 246 g/mol. The lowest BCUT2D eigenvalue weighted by molar-refractivity contribution is -0.138. The maximum atomic E-state index is 11.7. The zero-order valence-electron chi connectivity index (χ0n) is 10.6. The average molecular weight is 263 g/mol. The Morgan fingerprint density at radius 1 is 1.37 bits per heavy atom. The van der Waals surface area contributed by atoms with Crippen molar-refractivity contribution in [1.82, 2.24) is 4.90 Å². The second kappa shape index (κ2) is 6.22. The molecule has 0 saturated carbocycles. The molecule has 102 valence electrons. The van der Waals surface area contributed by atoms with Gasteiger partial charge in [0.25, 0.3) is 0 Å². The summed E-state index contributed by atoms with van der Waals surface area (Å²) >= 11 is 0. The van der Waals surface area contributed by atoms with Crippen LogP contribution in [0.5, 0.6) is 0 Å². The van der Waals surface area contributed by atoms with E-state index in [1.807, 2.05) is 30.3 Å². The summed E-state index contributed by atoms with van der Waals surface area (Å²) in [6.07, 6.45) is 0.844. The summed E-state index contributed by atoms with van der Waals surface area (Å²) in [5.41, 5.74) is 1.12. The fourth-order valence-corrected chi connectivity index (χ4v) is 2.25. The summed E-state index contributed by atoms with van der Waals surface area (Å²) in [6.45, 7) is 0.791. The third-order valence-electron chi connectivity index (χ3n) is 3.25. The predicted octanol–water partition coefficient (Wildman–Crippen LogP) is 1.91. The van der Waals surface area contributed by atoms with Gasteiger partial charge in [0.2, 0.25) is 0 Å². The summed E-state index contributed by atoms with van der Waals surface area (Å²) in [5.74, 6) is -0.885. The van der Waals surface area contributed by atoms with Crippen LogP contribution in [-0.4, -0.2) is 41.3 Å². The van der Waals surface area contributed by atoms with Crippen LogP contribution in [0.1, 0.15) is 18.4 Å². The molecular formula is C14H17NO4. The van der Waals surface area contributed by atoms with Crippen molar-refractivity contribution in [1.29, 1.82) is 0 Å². The van der Waals surface area contributed by atoms with Gasteiger partial charge in [0.15, 0.2) is 0 Å². The van der Waals surface area contributed by atoms with Crippen molar-refractivity contribution in [2.24, 2.45) is 0 Å². The highest BCUT2D eigenvalue weighted by Crippen LogP contribution is 2.17. The summed E-state index contributed by atoms with van der Waals surface area (Å²) in [4.78, 5) is 24.1. The van der Waals surface area contributed by atoms with E-state index in [4.69, 9.17) is 9.84 Å². The zero-order chi connectivity index (χ0) is 13.7. The number of carboxylic acids is 1. The van der Waals surface area contributed by atoms with Crippen molar-refractivity contribution in [3.63, 3.8) is 0 Å². The standard InChI is InChI=1S/C14H17NO4/c16-13(17)10-12-7-9-19-14(18)15(12)8-6-11-4-2-1-3-5-11/h1-5,12H,6-10H2,(H,16,17). The Labute approximate surface area is 111 Å². The van der Waals surface area contributed by atoms with Gasteiger partial charge >= 0.3 is 12.1 Å². The number of carbonyl (C=O) groups excluding carboxylic acids is 1. The fraction of sp³-hybridized carbons (Fsp3) is 0.429. The van der Waals surface area contributed by atoms with Gasteiger partial charge in [-0.2, -0.15) is 0 Å². The number of carbonyl (C=O) groups is 2. The highest BCUT2D eigenvalue weighted by atomic mass is 16.6. The summed E-state index contributed by atoms with van der Waals surface area (Å²) in [6, 6.07) is 9.54. The van der Waals surface area contributed by atoms with E-state index >= 15 is 0 Å². The van der Waals surface area contributed by atoms with Crippen LogP contribution < -0.4 is 0 Å². The Balaban J connectivity index is 1.97. The molecule has 1 N–H and O–H groups in total. The molecule has 1 aliphatic rings. The van der Waals surface area contributed by atoms with Crippen LogP contribution in [0.15, 0.2) is 30.3 Å². The minimum Gasteiger partial charge on any atom is -0.481 e. The molecule has 1 amide bonds. The van der Waals surface area contributed by atoms with E-state index in [1.165, 1.54) is 4.90 Å². The van der Waals surface area contributed by atoms with Crippen molar-refractivity contribution in [3.05, 3.63) is 35.9 Å². The van der Waals surface area contributed by atoms with E-state index in [1.54, 1.807) is 0 Å². The van der Waals surface area contributed by atoms with Gasteiger partial charge in [-0.05, 0) is 12.0 Å². The van der Waals surface area contributed by atoms with E-state index in [9.17, 15) is 9.59 Å². The number of hydrogen-bond donors (Lipinski definition) is 1. The van der Waals surface area contributed by atoms with Gasteiger partial charge in [-0.3, -0.25) is 4.79 Å². The minimum absolute atomic E-state index is 0.0239. The molecule has 1 aromatic rings. The molecule has 5 heteroatoms. The van der Waals surface area contributed by atoms with E-state index in [0.29, 0.717) is 26.0 Å². The molecule has 1 unspecified atom stereocenters. The number of cyclic esters (lactones) is 1. The first-order valence-corrected chi connectivity index (χ1v) is 6.36. The second-order valence-electron chi connectivity index (χ2n) is 4.58.